The van der Waals surface area contributed by atoms with Gasteiger partial charge < -0.3 is 24.4 Å². The Morgan fingerprint density at radius 1 is 1.09 bits per heavy atom. The van der Waals surface area contributed by atoms with Gasteiger partial charge in [0.05, 0.1) is 5.60 Å². The van der Waals surface area contributed by atoms with Crippen molar-refractivity contribution >= 4 is 17.8 Å². The van der Waals surface area contributed by atoms with Crippen LogP contribution in [0, 0.1) is 0 Å². The molecule has 2 fully saturated rings. The standard InChI is InChI=1S/C24H25F2N3O4/c25-24(26)32-19-4-2-17(14-20(19)33-24)3-5-22(30)29-12-10-28(11-13-29)21-15-18(6-9-27-21)16-23(31)7-1-8-23/h2-6,9,14-15,31H,1,7-8,10-13,16H2/b5-3+. The van der Waals surface area contributed by atoms with Crippen LogP contribution in [-0.2, 0) is 11.2 Å². The summed E-state index contributed by atoms with van der Waals surface area (Å²) < 4.78 is 35.1. The summed E-state index contributed by atoms with van der Waals surface area (Å²) in [7, 11) is 0. The van der Waals surface area contributed by atoms with E-state index in [2.05, 4.69) is 19.4 Å². The van der Waals surface area contributed by atoms with Crippen molar-refractivity contribution in [3.05, 3.63) is 53.7 Å². The number of anilines is 1. The van der Waals surface area contributed by atoms with Crippen LogP contribution in [0.3, 0.4) is 0 Å². The Hall–Kier alpha value is -3.20. The number of nitrogens with zero attached hydrogens (tertiary/aromatic N) is 3. The number of hydrogen-bond acceptors (Lipinski definition) is 6. The molecule has 1 saturated carbocycles. The summed E-state index contributed by atoms with van der Waals surface area (Å²) in [5, 5.41) is 10.4. The highest BCUT2D eigenvalue weighted by molar-refractivity contribution is 5.92. The van der Waals surface area contributed by atoms with Gasteiger partial charge in [-0.15, -0.1) is 8.78 Å². The number of piperazine rings is 1. The highest BCUT2D eigenvalue weighted by Crippen LogP contribution is 2.41. The van der Waals surface area contributed by atoms with Gasteiger partial charge in [0.25, 0.3) is 0 Å². The predicted octanol–water partition coefficient (Wildman–Crippen LogP) is 3.22. The van der Waals surface area contributed by atoms with E-state index in [9.17, 15) is 18.7 Å². The monoisotopic (exact) mass is 457 g/mol. The van der Waals surface area contributed by atoms with E-state index in [-0.39, 0.29) is 17.4 Å². The topological polar surface area (TPSA) is 75.1 Å². The third-order valence-electron chi connectivity index (χ3n) is 6.39. The van der Waals surface area contributed by atoms with Crippen LogP contribution >= 0.6 is 0 Å². The van der Waals surface area contributed by atoms with Gasteiger partial charge in [0.15, 0.2) is 11.5 Å². The lowest BCUT2D eigenvalue weighted by Gasteiger charge is -2.37. The Morgan fingerprint density at radius 2 is 1.85 bits per heavy atom. The lowest BCUT2D eigenvalue weighted by Crippen LogP contribution is -2.48. The largest absolute Gasteiger partial charge is 0.586 e. The minimum absolute atomic E-state index is 0.0286. The molecule has 9 heteroatoms. The molecule has 0 spiro atoms. The molecule has 33 heavy (non-hydrogen) atoms. The maximum Gasteiger partial charge on any atom is 0.586 e. The SMILES string of the molecule is O=C(/C=C/c1ccc2c(c1)OC(F)(F)O2)N1CCN(c2cc(CC3(O)CCC3)ccn2)CC1. The molecule has 0 unspecified atom stereocenters. The maximum atomic E-state index is 13.2. The molecule has 5 rings (SSSR count). The molecule has 174 valence electrons. The summed E-state index contributed by atoms with van der Waals surface area (Å²) in [4.78, 5) is 21.0. The lowest BCUT2D eigenvalue weighted by atomic mass is 9.76. The molecule has 0 atom stereocenters. The van der Waals surface area contributed by atoms with E-state index in [1.54, 1.807) is 23.2 Å². The van der Waals surface area contributed by atoms with E-state index in [4.69, 9.17) is 0 Å². The smallest absolute Gasteiger partial charge is 0.395 e. The van der Waals surface area contributed by atoms with Crippen molar-refractivity contribution in [2.45, 2.75) is 37.6 Å². The summed E-state index contributed by atoms with van der Waals surface area (Å²) in [5.41, 5.74) is 1.07. The van der Waals surface area contributed by atoms with Gasteiger partial charge in [0.1, 0.15) is 5.82 Å². The Balaban J connectivity index is 1.16. The van der Waals surface area contributed by atoms with Crippen LogP contribution < -0.4 is 14.4 Å². The van der Waals surface area contributed by atoms with Gasteiger partial charge in [-0.05, 0) is 60.7 Å². The van der Waals surface area contributed by atoms with Crippen LogP contribution in [0.15, 0.2) is 42.6 Å². The molecule has 1 saturated heterocycles. The van der Waals surface area contributed by atoms with Crippen LogP contribution in [0.4, 0.5) is 14.6 Å². The van der Waals surface area contributed by atoms with Gasteiger partial charge in [0.2, 0.25) is 5.91 Å². The highest BCUT2D eigenvalue weighted by atomic mass is 19.3. The van der Waals surface area contributed by atoms with Crippen molar-refractivity contribution in [3.8, 4) is 11.5 Å². The molecule has 1 amide bonds. The van der Waals surface area contributed by atoms with Crippen LogP contribution in [0.1, 0.15) is 30.4 Å². The summed E-state index contributed by atoms with van der Waals surface area (Å²) in [6.45, 7) is 2.40. The third-order valence-corrected chi connectivity index (χ3v) is 6.39. The van der Waals surface area contributed by atoms with Gasteiger partial charge in [-0.3, -0.25) is 4.79 Å². The molecule has 1 aromatic carbocycles. The molecule has 3 heterocycles. The summed E-state index contributed by atoms with van der Waals surface area (Å²) >= 11 is 0. The molecule has 7 nitrogen and oxygen atoms in total. The minimum atomic E-state index is -3.66. The second-order valence-corrected chi connectivity index (χ2v) is 8.80. The Kier molecular flexibility index (Phi) is 5.44. The number of pyridine rings is 1. The zero-order valence-corrected chi connectivity index (χ0v) is 18.0. The average molecular weight is 457 g/mol. The normalized spacial score (nSPS) is 20.7. The highest BCUT2D eigenvalue weighted by Gasteiger charge is 2.43. The molecule has 0 radical (unpaired) electrons. The quantitative estimate of drug-likeness (QED) is 0.695. The van der Waals surface area contributed by atoms with E-state index in [0.717, 1.165) is 30.6 Å². The Morgan fingerprint density at radius 3 is 2.58 bits per heavy atom. The molecule has 1 aromatic heterocycles. The van der Waals surface area contributed by atoms with E-state index in [1.165, 1.54) is 18.2 Å². The average Bonchev–Trinajstić information content (AvgIpc) is 3.09. The van der Waals surface area contributed by atoms with Crippen molar-refractivity contribution in [1.29, 1.82) is 0 Å². The summed E-state index contributed by atoms with van der Waals surface area (Å²) in [6.07, 6.45) is 4.52. The maximum absolute atomic E-state index is 13.2. The molecule has 2 aromatic rings. The molecule has 0 bridgehead atoms. The predicted molar refractivity (Wildman–Crippen MR) is 117 cm³/mol. The van der Waals surface area contributed by atoms with Crippen molar-refractivity contribution in [2.75, 3.05) is 31.1 Å². The van der Waals surface area contributed by atoms with Crippen LogP contribution in [0.25, 0.3) is 6.08 Å². The van der Waals surface area contributed by atoms with Crippen LogP contribution in [0.2, 0.25) is 0 Å². The number of carbonyl (C=O) groups is 1. The molecular formula is C24H25F2N3O4. The van der Waals surface area contributed by atoms with E-state index in [0.29, 0.717) is 38.2 Å². The lowest BCUT2D eigenvalue weighted by molar-refractivity contribution is -0.286. The van der Waals surface area contributed by atoms with Crippen molar-refractivity contribution < 1.29 is 28.2 Å². The first-order valence-corrected chi connectivity index (χ1v) is 11.1. The number of amides is 1. The third kappa shape index (κ3) is 4.78. The number of benzene rings is 1. The Labute approximate surface area is 190 Å². The number of alkyl halides is 2. The number of hydrogen-bond donors (Lipinski definition) is 1. The van der Waals surface area contributed by atoms with Crippen molar-refractivity contribution in [1.82, 2.24) is 9.88 Å². The van der Waals surface area contributed by atoms with E-state index < -0.39 is 11.9 Å². The molecular weight excluding hydrogens is 432 g/mol. The number of aliphatic hydroxyl groups is 1. The number of aromatic nitrogens is 1. The molecule has 3 aliphatic rings. The Bertz CT molecular complexity index is 1080. The number of carbonyl (C=O) groups excluding carboxylic acids is 1. The van der Waals surface area contributed by atoms with Gasteiger partial charge >= 0.3 is 6.29 Å². The van der Waals surface area contributed by atoms with Crippen LogP contribution in [-0.4, -0.2) is 59.0 Å². The molecule has 1 aliphatic carbocycles. The minimum Gasteiger partial charge on any atom is -0.395 e. The number of ether oxygens (including phenoxy) is 2. The van der Waals surface area contributed by atoms with Crippen LogP contribution in [0.5, 0.6) is 11.5 Å². The second-order valence-electron chi connectivity index (χ2n) is 8.80. The molecule has 1 N–H and O–H groups in total. The zero-order valence-electron chi connectivity index (χ0n) is 18.0. The summed E-state index contributed by atoms with van der Waals surface area (Å²) in [6, 6.07) is 8.36. The summed E-state index contributed by atoms with van der Waals surface area (Å²) in [5.74, 6) is 0.628. The number of rotatable bonds is 5. The zero-order chi connectivity index (χ0) is 23.1. The first-order chi connectivity index (χ1) is 15.8. The van der Waals surface area contributed by atoms with E-state index >= 15 is 0 Å². The first-order valence-electron chi connectivity index (χ1n) is 11.1. The van der Waals surface area contributed by atoms with Gasteiger partial charge in [0, 0.05) is 44.9 Å². The fourth-order valence-electron chi connectivity index (χ4n) is 4.38. The fraction of sp³-hybridized carbons (Fsp3) is 0.417. The van der Waals surface area contributed by atoms with Gasteiger partial charge in [-0.2, -0.15) is 0 Å². The number of fused-ring (bicyclic) bond motifs is 1. The van der Waals surface area contributed by atoms with Crippen molar-refractivity contribution in [2.24, 2.45) is 0 Å². The van der Waals surface area contributed by atoms with E-state index in [1.807, 2.05) is 12.1 Å². The first kappa shape index (κ1) is 21.6. The van der Waals surface area contributed by atoms with Gasteiger partial charge in [-0.1, -0.05) is 6.07 Å². The van der Waals surface area contributed by atoms with Crippen molar-refractivity contribution in [3.63, 3.8) is 0 Å². The molecule has 2 aliphatic heterocycles. The second kappa shape index (κ2) is 8.30. The van der Waals surface area contributed by atoms with Gasteiger partial charge in [-0.25, -0.2) is 4.98 Å². The fourth-order valence-corrected chi connectivity index (χ4v) is 4.38. The number of halogens is 2.